The molecule has 1 amide bonds. The van der Waals surface area contributed by atoms with Crippen molar-refractivity contribution >= 4 is 17.6 Å². The van der Waals surface area contributed by atoms with Crippen LogP contribution in [0, 0.1) is 0 Å². The molecule has 0 bridgehead atoms. The summed E-state index contributed by atoms with van der Waals surface area (Å²) >= 11 is 0. The molecule has 9 heteroatoms. The summed E-state index contributed by atoms with van der Waals surface area (Å²) in [5, 5.41) is 13.5. The number of amides is 1. The van der Waals surface area contributed by atoms with Crippen LogP contribution in [0.1, 0.15) is 72.0 Å². The van der Waals surface area contributed by atoms with E-state index in [0.29, 0.717) is 25.6 Å². The average Bonchev–Trinajstić information content (AvgIpc) is 3.72. The number of hydrogen-bond acceptors (Lipinski definition) is 6. The summed E-state index contributed by atoms with van der Waals surface area (Å²) in [5.41, 5.74) is 10.5. The van der Waals surface area contributed by atoms with Crippen LogP contribution in [0.25, 0.3) is 11.1 Å². The van der Waals surface area contributed by atoms with Crippen LogP contribution < -0.4 is 10.2 Å². The molecular formula is C35H41N7O2. The lowest BCUT2D eigenvalue weighted by molar-refractivity contribution is 0.0819. The molecule has 4 aliphatic rings. The van der Waals surface area contributed by atoms with Crippen molar-refractivity contribution in [3.63, 3.8) is 0 Å². The SMILES string of the molecule is Cn1cc(-c2cc3c(cc2C2CC2)N(c2nn(C4CCN(C(=O)OCc5ccccc5)CC4)c4c2CNCC4)CCC3)cn1. The third-order valence-corrected chi connectivity index (χ3v) is 9.87. The van der Waals surface area contributed by atoms with Gasteiger partial charge in [0.25, 0.3) is 0 Å². The number of piperidine rings is 1. The Morgan fingerprint density at radius 2 is 1.89 bits per heavy atom. The molecule has 5 heterocycles. The number of aromatic nitrogens is 4. The lowest BCUT2D eigenvalue weighted by atomic mass is 9.91. The number of benzene rings is 2. The van der Waals surface area contributed by atoms with Crippen molar-refractivity contribution < 1.29 is 9.53 Å². The number of nitrogens with one attached hydrogen (secondary N) is 1. The van der Waals surface area contributed by atoms with Gasteiger partial charge < -0.3 is 19.9 Å². The van der Waals surface area contributed by atoms with Gasteiger partial charge in [0, 0.05) is 74.9 Å². The molecule has 9 nitrogen and oxygen atoms in total. The second-order valence-corrected chi connectivity index (χ2v) is 12.9. The van der Waals surface area contributed by atoms with Gasteiger partial charge >= 0.3 is 6.09 Å². The van der Waals surface area contributed by atoms with Crippen molar-refractivity contribution in [2.45, 2.75) is 70.1 Å². The Kier molecular flexibility index (Phi) is 7.13. The van der Waals surface area contributed by atoms with Crippen molar-refractivity contribution in [3.8, 4) is 11.1 Å². The van der Waals surface area contributed by atoms with Crippen molar-refractivity contribution in [1.29, 1.82) is 0 Å². The van der Waals surface area contributed by atoms with Crippen molar-refractivity contribution in [3.05, 3.63) is 82.8 Å². The molecule has 4 aromatic rings. The number of fused-ring (bicyclic) bond motifs is 2. The number of anilines is 2. The summed E-state index contributed by atoms with van der Waals surface area (Å²) in [5.74, 6) is 1.76. The molecule has 1 saturated heterocycles. The molecule has 1 aliphatic carbocycles. The van der Waals surface area contributed by atoms with Gasteiger partial charge in [-0.25, -0.2) is 4.79 Å². The van der Waals surface area contributed by atoms with E-state index >= 15 is 0 Å². The highest BCUT2D eigenvalue weighted by Crippen LogP contribution is 2.48. The summed E-state index contributed by atoms with van der Waals surface area (Å²) in [6.45, 7) is 4.50. The van der Waals surface area contributed by atoms with Crippen LogP contribution in [-0.2, 0) is 37.8 Å². The standard InChI is InChI=1S/C35H41N7O2/c1-39-22-27(20-37-39)29-18-26-8-5-15-41(33(26)19-30(29)25-9-10-25)34-31-21-36-14-11-32(31)42(38-34)28-12-16-40(17-13-28)35(43)44-23-24-6-3-2-4-7-24/h2-4,6-7,18-20,22,25,28,36H,5,8-17,21,23H2,1H3. The maximum atomic E-state index is 12.8. The molecule has 2 aromatic heterocycles. The molecule has 44 heavy (non-hydrogen) atoms. The minimum atomic E-state index is -0.221. The molecule has 2 aromatic carbocycles. The normalized spacial score (nSPS) is 18.7. The number of carbonyl (C=O) groups is 1. The van der Waals surface area contributed by atoms with E-state index in [1.807, 2.05) is 53.2 Å². The molecule has 0 unspecified atom stereocenters. The van der Waals surface area contributed by atoms with Gasteiger partial charge in [-0.2, -0.15) is 10.2 Å². The van der Waals surface area contributed by atoms with Gasteiger partial charge in [-0.3, -0.25) is 9.36 Å². The predicted octanol–water partition coefficient (Wildman–Crippen LogP) is 5.86. The number of ether oxygens (including phenoxy) is 1. The van der Waals surface area contributed by atoms with Gasteiger partial charge in [-0.15, -0.1) is 0 Å². The molecule has 0 atom stereocenters. The molecule has 228 valence electrons. The number of carbonyl (C=O) groups excluding carboxylic acids is 1. The number of hydrogen-bond donors (Lipinski definition) is 1. The summed E-state index contributed by atoms with van der Waals surface area (Å²) in [6, 6.07) is 15.1. The van der Waals surface area contributed by atoms with Crippen LogP contribution in [0.3, 0.4) is 0 Å². The molecule has 1 saturated carbocycles. The number of nitrogens with zero attached hydrogens (tertiary/aromatic N) is 6. The molecule has 1 N–H and O–H groups in total. The first-order valence-corrected chi connectivity index (χ1v) is 16.3. The van der Waals surface area contributed by atoms with E-state index in [1.54, 1.807) is 0 Å². The van der Waals surface area contributed by atoms with Gasteiger partial charge in [0.1, 0.15) is 6.61 Å². The molecular weight excluding hydrogens is 550 g/mol. The fraction of sp³-hybridized carbons (Fsp3) is 0.457. The summed E-state index contributed by atoms with van der Waals surface area (Å²) in [4.78, 5) is 17.2. The zero-order chi connectivity index (χ0) is 29.6. The van der Waals surface area contributed by atoms with E-state index < -0.39 is 0 Å². The van der Waals surface area contributed by atoms with E-state index in [4.69, 9.17) is 9.84 Å². The minimum Gasteiger partial charge on any atom is -0.445 e. The first-order valence-electron chi connectivity index (χ1n) is 16.3. The van der Waals surface area contributed by atoms with Crippen LogP contribution in [0.5, 0.6) is 0 Å². The highest BCUT2D eigenvalue weighted by atomic mass is 16.6. The molecule has 3 aliphatic heterocycles. The van der Waals surface area contributed by atoms with Crippen molar-refractivity contribution in [1.82, 2.24) is 29.8 Å². The Morgan fingerprint density at radius 1 is 1.05 bits per heavy atom. The second kappa shape index (κ2) is 11.4. The average molecular weight is 592 g/mol. The summed E-state index contributed by atoms with van der Waals surface area (Å²) in [7, 11) is 2.00. The summed E-state index contributed by atoms with van der Waals surface area (Å²) < 4.78 is 9.87. The lowest BCUT2D eigenvalue weighted by Gasteiger charge is -2.32. The zero-order valence-electron chi connectivity index (χ0n) is 25.5. The Bertz CT molecular complexity index is 1660. The topological polar surface area (TPSA) is 80.5 Å². The van der Waals surface area contributed by atoms with Crippen LogP contribution >= 0.6 is 0 Å². The predicted molar refractivity (Wildman–Crippen MR) is 170 cm³/mol. The highest BCUT2D eigenvalue weighted by molar-refractivity contribution is 5.77. The Balaban J connectivity index is 1.05. The van der Waals surface area contributed by atoms with Crippen LogP contribution in [-0.4, -0.2) is 56.7 Å². The van der Waals surface area contributed by atoms with Gasteiger partial charge in [0.15, 0.2) is 5.82 Å². The molecule has 0 spiro atoms. The number of likely N-dealkylation sites (tertiary alicyclic amines) is 1. The van der Waals surface area contributed by atoms with Gasteiger partial charge in [-0.05, 0) is 78.8 Å². The third kappa shape index (κ3) is 5.17. The fourth-order valence-electron chi connectivity index (χ4n) is 7.39. The van der Waals surface area contributed by atoms with Crippen LogP contribution in [0.4, 0.5) is 16.3 Å². The third-order valence-electron chi connectivity index (χ3n) is 9.87. The molecule has 2 fully saturated rings. The quantitative estimate of drug-likeness (QED) is 0.302. The van der Waals surface area contributed by atoms with Crippen molar-refractivity contribution in [2.75, 3.05) is 31.1 Å². The van der Waals surface area contributed by atoms with E-state index in [-0.39, 0.29) is 12.1 Å². The Hall–Kier alpha value is -4.11. The van der Waals surface area contributed by atoms with Crippen LogP contribution in [0.2, 0.25) is 0 Å². The lowest BCUT2D eigenvalue weighted by Crippen LogP contribution is -2.40. The Labute approximate surface area is 258 Å². The maximum Gasteiger partial charge on any atom is 0.410 e. The van der Waals surface area contributed by atoms with E-state index in [9.17, 15) is 4.79 Å². The van der Waals surface area contributed by atoms with Crippen molar-refractivity contribution in [2.24, 2.45) is 7.05 Å². The van der Waals surface area contributed by atoms with E-state index in [2.05, 4.69) is 38.3 Å². The fourth-order valence-corrected chi connectivity index (χ4v) is 7.39. The molecule has 8 rings (SSSR count). The summed E-state index contributed by atoms with van der Waals surface area (Å²) in [6.07, 6.45) is 11.4. The second-order valence-electron chi connectivity index (χ2n) is 12.9. The largest absolute Gasteiger partial charge is 0.445 e. The minimum absolute atomic E-state index is 0.221. The van der Waals surface area contributed by atoms with Gasteiger partial charge in [0.05, 0.1) is 12.2 Å². The van der Waals surface area contributed by atoms with Gasteiger partial charge in [0.2, 0.25) is 0 Å². The van der Waals surface area contributed by atoms with E-state index in [0.717, 1.165) is 63.1 Å². The first kappa shape index (κ1) is 27.4. The number of aryl methyl sites for hydroxylation is 2. The highest BCUT2D eigenvalue weighted by Gasteiger charge is 2.34. The van der Waals surface area contributed by atoms with Gasteiger partial charge in [-0.1, -0.05) is 30.3 Å². The smallest absolute Gasteiger partial charge is 0.410 e. The van der Waals surface area contributed by atoms with Crippen LogP contribution in [0.15, 0.2) is 54.9 Å². The van der Waals surface area contributed by atoms with E-state index in [1.165, 1.54) is 52.0 Å². The monoisotopic (exact) mass is 591 g/mol. The number of rotatable bonds is 6. The zero-order valence-corrected chi connectivity index (χ0v) is 25.5. The molecule has 0 radical (unpaired) electrons. The first-order chi connectivity index (χ1) is 21.6. The maximum absolute atomic E-state index is 12.8. The Morgan fingerprint density at radius 3 is 2.66 bits per heavy atom.